The number of piperidine rings is 2. The number of benzene rings is 1. The van der Waals surface area contributed by atoms with Gasteiger partial charge >= 0.3 is 0 Å². The summed E-state index contributed by atoms with van der Waals surface area (Å²) in [7, 11) is 0. The highest BCUT2D eigenvalue weighted by molar-refractivity contribution is 5.22. The van der Waals surface area contributed by atoms with Crippen LogP contribution in [0.25, 0.3) is 0 Å². The maximum absolute atomic E-state index is 5.92. The van der Waals surface area contributed by atoms with Gasteiger partial charge in [-0.25, -0.2) is 0 Å². The van der Waals surface area contributed by atoms with Crippen LogP contribution in [0.2, 0.25) is 0 Å². The molecule has 3 unspecified atom stereocenters. The second kappa shape index (κ2) is 8.20. The quantitative estimate of drug-likeness (QED) is 0.821. The Hall–Kier alpha value is -1.58. The molecule has 2 N–H and O–H groups in total. The van der Waals surface area contributed by atoms with Gasteiger partial charge in [-0.15, -0.1) is 0 Å². The van der Waals surface area contributed by atoms with E-state index in [1.165, 1.54) is 50.1 Å². The van der Waals surface area contributed by atoms with Crippen LogP contribution in [0.1, 0.15) is 37.2 Å². The molecule has 0 amide bonds. The summed E-state index contributed by atoms with van der Waals surface area (Å²) in [6, 6.07) is 10.9. The van der Waals surface area contributed by atoms with Crippen LogP contribution in [-0.4, -0.2) is 32.3 Å². The summed E-state index contributed by atoms with van der Waals surface area (Å²) in [4.78, 5) is 0. The number of allylic oxidation sites excluding steroid dienone is 4. The van der Waals surface area contributed by atoms with Gasteiger partial charge in [0.05, 0.1) is 0 Å². The molecule has 3 saturated heterocycles. The molecule has 134 valence electrons. The van der Waals surface area contributed by atoms with Gasteiger partial charge in [-0.05, 0) is 62.9 Å². The van der Waals surface area contributed by atoms with E-state index in [-0.39, 0.29) is 0 Å². The molecule has 3 atom stereocenters. The van der Waals surface area contributed by atoms with Crippen LogP contribution in [0.15, 0.2) is 54.3 Å². The lowest BCUT2D eigenvalue weighted by Gasteiger charge is -2.26. The Labute approximate surface area is 151 Å². The zero-order chi connectivity index (χ0) is 16.9. The molecular weight excluding hydrogens is 308 g/mol. The van der Waals surface area contributed by atoms with Crippen molar-refractivity contribution in [3.8, 4) is 0 Å². The second-order valence-electron chi connectivity index (χ2n) is 7.59. The minimum absolute atomic E-state index is 0.449. The average Bonchev–Trinajstić information content (AvgIpc) is 3.09. The molecule has 3 fully saturated rings. The van der Waals surface area contributed by atoms with Gasteiger partial charge in [-0.2, -0.15) is 0 Å². The summed E-state index contributed by atoms with van der Waals surface area (Å²) in [5.41, 5.74) is 1.51. The maximum Gasteiger partial charge on any atom is 0.114 e. The zero-order valence-corrected chi connectivity index (χ0v) is 15.0. The molecule has 4 aliphatic rings. The third-order valence-corrected chi connectivity index (χ3v) is 6.04. The molecule has 3 aliphatic heterocycles. The van der Waals surface area contributed by atoms with Crippen molar-refractivity contribution in [3.05, 3.63) is 59.9 Å². The largest absolute Gasteiger partial charge is 0.493 e. The molecule has 5 rings (SSSR count). The highest BCUT2D eigenvalue weighted by Crippen LogP contribution is 2.42. The highest BCUT2D eigenvalue weighted by Gasteiger charge is 2.42. The molecule has 1 aromatic carbocycles. The number of nitrogens with one attached hydrogen (secondary N) is 2. The van der Waals surface area contributed by atoms with Crippen molar-refractivity contribution in [2.24, 2.45) is 11.8 Å². The first-order valence-corrected chi connectivity index (χ1v) is 9.91. The van der Waals surface area contributed by atoms with E-state index in [2.05, 4.69) is 59.2 Å². The van der Waals surface area contributed by atoms with Crippen molar-refractivity contribution >= 4 is 0 Å². The van der Waals surface area contributed by atoms with E-state index < -0.39 is 0 Å². The standard InChI is InChI=1S/C11H15NO.C11H15N/c1-2-4-10-8(3-1)9-5-6-12-7-11(9)13-10;1-2-4-10(5-3-1)11-6-8-12-9-7-11/h1-2,4,8-9,11-12H,3,5-7H2;1-5,11-12H,6-9H2. The van der Waals surface area contributed by atoms with E-state index >= 15 is 0 Å². The van der Waals surface area contributed by atoms with E-state index in [9.17, 15) is 0 Å². The summed E-state index contributed by atoms with van der Waals surface area (Å²) < 4.78 is 5.92. The summed E-state index contributed by atoms with van der Waals surface area (Å²) >= 11 is 0. The molecule has 0 aromatic heterocycles. The summed E-state index contributed by atoms with van der Waals surface area (Å²) in [5, 5.41) is 6.78. The average molecular weight is 338 g/mol. The Morgan fingerprint density at radius 3 is 2.56 bits per heavy atom. The highest BCUT2D eigenvalue weighted by atomic mass is 16.5. The maximum atomic E-state index is 5.92. The monoisotopic (exact) mass is 338 g/mol. The Kier molecular flexibility index (Phi) is 5.53. The fourth-order valence-corrected chi connectivity index (χ4v) is 4.64. The molecule has 0 radical (unpaired) electrons. The fraction of sp³-hybridized carbons (Fsp3) is 0.545. The van der Waals surface area contributed by atoms with Crippen LogP contribution in [-0.2, 0) is 4.74 Å². The van der Waals surface area contributed by atoms with E-state index in [0.29, 0.717) is 12.0 Å². The van der Waals surface area contributed by atoms with Gasteiger partial charge in [0.2, 0.25) is 0 Å². The summed E-state index contributed by atoms with van der Waals surface area (Å²) in [5.74, 6) is 3.50. The van der Waals surface area contributed by atoms with Gasteiger partial charge in [0.25, 0.3) is 0 Å². The predicted octanol–water partition coefficient (Wildman–Crippen LogP) is 3.61. The smallest absolute Gasteiger partial charge is 0.114 e. The topological polar surface area (TPSA) is 33.3 Å². The van der Waals surface area contributed by atoms with Crippen molar-refractivity contribution in [3.63, 3.8) is 0 Å². The second-order valence-corrected chi connectivity index (χ2v) is 7.59. The van der Waals surface area contributed by atoms with E-state index in [1.54, 1.807) is 0 Å². The number of ether oxygens (including phenoxy) is 1. The van der Waals surface area contributed by atoms with Gasteiger partial charge in [0.15, 0.2) is 0 Å². The zero-order valence-electron chi connectivity index (χ0n) is 15.0. The molecule has 3 nitrogen and oxygen atoms in total. The third kappa shape index (κ3) is 3.99. The minimum atomic E-state index is 0.449. The molecular formula is C22H30N2O. The van der Waals surface area contributed by atoms with Crippen molar-refractivity contribution in [1.82, 2.24) is 10.6 Å². The molecule has 3 heterocycles. The first kappa shape index (κ1) is 16.9. The molecule has 1 aromatic rings. The molecule has 0 saturated carbocycles. The number of rotatable bonds is 1. The lowest BCUT2D eigenvalue weighted by molar-refractivity contribution is 0.108. The molecule has 1 aliphatic carbocycles. The van der Waals surface area contributed by atoms with Gasteiger partial charge in [-0.1, -0.05) is 42.5 Å². The summed E-state index contributed by atoms with van der Waals surface area (Å²) in [6.45, 7) is 4.57. The van der Waals surface area contributed by atoms with E-state index in [0.717, 1.165) is 24.9 Å². The van der Waals surface area contributed by atoms with Crippen LogP contribution in [0, 0.1) is 11.8 Å². The number of hydrogen-bond donors (Lipinski definition) is 2. The van der Waals surface area contributed by atoms with Gasteiger partial charge in [0, 0.05) is 18.4 Å². The lowest BCUT2D eigenvalue weighted by atomic mass is 9.81. The Morgan fingerprint density at radius 2 is 1.72 bits per heavy atom. The third-order valence-electron chi connectivity index (χ3n) is 6.04. The molecule has 3 heteroatoms. The predicted molar refractivity (Wildman–Crippen MR) is 102 cm³/mol. The normalized spacial score (nSPS) is 31.0. The first-order valence-electron chi connectivity index (χ1n) is 9.91. The first-order chi connectivity index (χ1) is 12.4. The minimum Gasteiger partial charge on any atom is -0.493 e. The van der Waals surface area contributed by atoms with Crippen LogP contribution in [0.5, 0.6) is 0 Å². The Balaban J connectivity index is 0.000000126. The van der Waals surface area contributed by atoms with E-state index in [1.807, 2.05) is 0 Å². The Bertz CT molecular complexity index is 604. The van der Waals surface area contributed by atoms with Crippen molar-refractivity contribution in [2.45, 2.75) is 37.7 Å². The van der Waals surface area contributed by atoms with Gasteiger partial charge in [0.1, 0.15) is 11.9 Å². The van der Waals surface area contributed by atoms with Crippen molar-refractivity contribution in [2.75, 3.05) is 26.2 Å². The van der Waals surface area contributed by atoms with Gasteiger partial charge in [-0.3, -0.25) is 0 Å². The fourth-order valence-electron chi connectivity index (χ4n) is 4.64. The van der Waals surface area contributed by atoms with Crippen molar-refractivity contribution < 1.29 is 4.74 Å². The number of fused-ring (bicyclic) bond motifs is 3. The molecule has 25 heavy (non-hydrogen) atoms. The van der Waals surface area contributed by atoms with Gasteiger partial charge < -0.3 is 15.4 Å². The van der Waals surface area contributed by atoms with Crippen LogP contribution < -0.4 is 10.6 Å². The lowest BCUT2D eigenvalue weighted by Crippen LogP contribution is -2.39. The van der Waals surface area contributed by atoms with E-state index in [4.69, 9.17) is 4.74 Å². The van der Waals surface area contributed by atoms with Crippen LogP contribution in [0.4, 0.5) is 0 Å². The Morgan fingerprint density at radius 1 is 0.920 bits per heavy atom. The van der Waals surface area contributed by atoms with Crippen LogP contribution in [0.3, 0.4) is 0 Å². The number of hydrogen-bond acceptors (Lipinski definition) is 3. The SMILES string of the molecule is C1=CCC2C(=C1)OC1CNCCC12.c1ccc(C2CCNCC2)cc1. The van der Waals surface area contributed by atoms with Crippen molar-refractivity contribution in [1.29, 1.82) is 0 Å². The molecule has 0 bridgehead atoms. The molecule has 0 spiro atoms. The van der Waals surface area contributed by atoms with Crippen LogP contribution >= 0.6 is 0 Å². The summed E-state index contributed by atoms with van der Waals surface area (Å²) in [6.07, 6.45) is 12.0.